The van der Waals surface area contributed by atoms with Gasteiger partial charge in [-0.2, -0.15) is 0 Å². The second-order valence-corrected chi connectivity index (χ2v) is 21.3. The first-order chi connectivity index (χ1) is 40.4. The van der Waals surface area contributed by atoms with Crippen molar-refractivity contribution < 1.29 is 95.4 Å². The third-order valence-electron chi connectivity index (χ3n) is 14.1. The molecule has 0 aliphatic rings. The van der Waals surface area contributed by atoms with E-state index in [9.17, 15) is 52.7 Å². The second kappa shape index (κ2) is 48.0. The number of hydrogen-bond acceptors (Lipinski definition) is 24. The standard InChI is InChI=1S/C58H103N7O20/c1-58(2,3)85-57(76)59-29-14-12-13-15-30-60(31-21-47(66)64(39-20-46(16-18-49(68)77-4)17-19-50(69)78-5)43-40-61(33-23-51(70)79-6)34-24-52(71)80-7)32-22-48(67)65(44-41-62(35-25-53(72)81-8)36-26-54(73)82-9)45-42-63(37-27-55(74)83-10)38-28-56(75)84-11/h46H,12-45H2,1-11H3,(H,59,76). The van der Waals surface area contributed by atoms with Crippen LogP contribution in [0.15, 0.2) is 0 Å². The van der Waals surface area contributed by atoms with Crippen LogP contribution in [0.5, 0.6) is 0 Å². The van der Waals surface area contributed by atoms with Crippen LogP contribution < -0.4 is 5.32 Å². The summed E-state index contributed by atoms with van der Waals surface area (Å²) in [5.41, 5.74) is -0.641. The first-order valence-corrected chi connectivity index (χ1v) is 29.4. The molecular formula is C58H103N7O20. The predicted molar refractivity (Wildman–Crippen MR) is 311 cm³/mol. The Labute approximate surface area is 503 Å². The predicted octanol–water partition coefficient (Wildman–Crippen LogP) is 3.01. The molecule has 3 amide bonds. The van der Waals surface area contributed by atoms with Gasteiger partial charge in [0.05, 0.1) is 95.4 Å². The fraction of sp³-hybridized carbons (Fsp3) is 0.810. The molecule has 0 aliphatic carbocycles. The molecule has 85 heavy (non-hydrogen) atoms. The summed E-state index contributed by atoms with van der Waals surface area (Å²) in [5.74, 6) is -4.17. The SMILES string of the molecule is COC(=O)CCC(CCC(=O)OC)CCN(CCN(CCC(=O)OC)CCC(=O)OC)C(=O)CCN(CCCCCCNC(=O)OC(C)(C)C)CCC(=O)N(CCN(CCC(=O)OC)CCC(=O)OC)CCN(CCC(=O)OC)CCC(=O)OC. The lowest BCUT2D eigenvalue weighted by atomic mass is 9.93. The van der Waals surface area contributed by atoms with E-state index in [1.165, 1.54) is 56.9 Å². The molecule has 27 heteroatoms. The van der Waals surface area contributed by atoms with Crippen molar-refractivity contribution in [1.82, 2.24) is 34.7 Å². The minimum atomic E-state index is -0.641. The third-order valence-corrected chi connectivity index (χ3v) is 14.1. The molecule has 0 unspecified atom stereocenters. The first kappa shape index (κ1) is 78.8. The maximum absolute atomic E-state index is 14.7. The van der Waals surface area contributed by atoms with E-state index in [0.29, 0.717) is 45.2 Å². The molecule has 27 nitrogen and oxygen atoms in total. The maximum Gasteiger partial charge on any atom is 0.407 e. The Kier molecular flexibility index (Phi) is 44.5. The van der Waals surface area contributed by atoms with E-state index in [2.05, 4.69) is 10.2 Å². The first-order valence-electron chi connectivity index (χ1n) is 29.4. The summed E-state index contributed by atoms with van der Waals surface area (Å²) in [6.45, 7) is 9.71. The van der Waals surface area contributed by atoms with Gasteiger partial charge in [0.15, 0.2) is 0 Å². The summed E-state index contributed by atoms with van der Waals surface area (Å²) < 4.78 is 44.4. The van der Waals surface area contributed by atoms with Gasteiger partial charge >= 0.3 is 53.8 Å². The number of nitrogens with zero attached hydrogens (tertiary/aromatic N) is 6. The Morgan fingerprint density at radius 2 is 0.600 bits per heavy atom. The lowest BCUT2D eigenvalue weighted by molar-refractivity contribution is -0.143. The zero-order chi connectivity index (χ0) is 64.0. The number of alkyl carbamates (subject to hydrolysis) is 1. The number of unbranched alkanes of at least 4 members (excludes halogenated alkanes) is 3. The topological polar surface area (TPSA) is 302 Å². The highest BCUT2D eigenvalue weighted by molar-refractivity contribution is 5.77. The summed E-state index contributed by atoms with van der Waals surface area (Å²) in [4.78, 5) is 151. The van der Waals surface area contributed by atoms with Gasteiger partial charge in [-0.25, -0.2) is 4.79 Å². The highest BCUT2D eigenvalue weighted by Crippen LogP contribution is 2.20. The Morgan fingerprint density at radius 3 is 0.918 bits per heavy atom. The van der Waals surface area contributed by atoms with Gasteiger partial charge in [0.2, 0.25) is 11.8 Å². The van der Waals surface area contributed by atoms with Crippen LogP contribution >= 0.6 is 0 Å². The average molecular weight is 1220 g/mol. The van der Waals surface area contributed by atoms with Crippen molar-refractivity contribution in [1.29, 1.82) is 0 Å². The molecule has 0 aromatic rings. The summed E-state index contributed by atoms with van der Waals surface area (Å²) >= 11 is 0. The van der Waals surface area contributed by atoms with Gasteiger partial charge in [0.25, 0.3) is 0 Å². The minimum Gasteiger partial charge on any atom is -0.469 e. The van der Waals surface area contributed by atoms with Gasteiger partial charge in [-0.05, 0) is 65.3 Å². The number of methoxy groups -OCH3 is 8. The van der Waals surface area contributed by atoms with Crippen molar-refractivity contribution in [2.45, 2.75) is 136 Å². The van der Waals surface area contributed by atoms with E-state index >= 15 is 0 Å². The molecule has 0 rings (SSSR count). The summed E-state index contributed by atoms with van der Waals surface area (Å²) in [7, 11) is 10.3. The molecule has 0 aromatic heterocycles. The maximum atomic E-state index is 14.7. The number of rotatable bonds is 49. The highest BCUT2D eigenvalue weighted by atomic mass is 16.6. The zero-order valence-electron chi connectivity index (χ0n) is 53.0. The van der Waals surface area contributed by atoms with Gasteiger partial charge in [-0.1, -0.05) is 12.8 Å². The zero-order valence-corrected chi connectivity index (χ0v) is 53.0. The second-order valence-electron chi connectivity index (χ2n) is 21.3. The molecule has 0 bridgehead atoms. The normalized spacial score (nSPS) is 11.3. The summed E-state index contributed by atoms with van der Waals surface area (Å²) in [6, 6.07) is 0. The fourth-order valence-electron chi connectivity index (χ4n) is 8.72. The molecule has 0 heterocycles. The van der Waals surface area contributed by atoms with Crippen molar-refractivity contribution in [2.75, 3.05) is 168 Å². The molecule has 0 radical (unpaired) electrons. The van der Waals surface area contributed by atoms with Crippen LogP contribution in [-0.4, -0.2) is 269 Å². The van der Waals surface area contributed by atoms with E-state index < -0.39 is 59.4 Å². The Hall–Kier alpha value is -6.19. The molecule has 0 atom stereocenters. The molecule has 490 valence electrons. The van der Waals surface area contributed by atoms with Crippen LogP contribution in [0.3, 0.4) is 0 Å². The van der Waals surface area contributed by atoms with Gasteiger partial charge in [0.1, 0.15) is 5.60 Å². The van der Waals surface area contributed by atoms with Gasteiger partial charge < -0.3 is 77.3 Å². The van der Waals surface area contributed by atoms with Gasteiger partial charge in [-0.3, -0.25) is 47.9 Å². The number of carbonyl (C=O) groups excluding carboxylic acids is 11. The van der Waals surface area contributed by atoms with Crippen LogP contribution in [0.1, 0.15) is 130 Å². The van der Waals surface area contributed by atoms with Crippen molar-refractivity contribution >= 4 is 65.7 Å². The van der Waals surface area contributed by atoms with Crippen LogP contribution in [-0.2, 0) is 90.6 Å². The largest absolute Gasteiger partial charge is 0.469 e. The lowest BCUT2D eigenvalue weighted by Crippen LogP contribution is -2.45. The molecule has 0 aromatic carbocycles. The molecule has 0 aliphatic heterocycles. The van der Waals surface area contributed by atoms with Crippen LogP contribution in [0.25, 0.3) is 0 Å². The van der Waals surface area contributed by atoms with Crippen LogP contribution in [0.2, 0.25) is 0 Å². The number of esters is 8. The number of ether oxygens (including phenoxy) is 9. The lowest BCUT2D eigenvalue weighted by Gasteiger charge is -2.31. The van der Waals surface area contributed by atoms with E-state index in [-0.39, 0.29) is 180 Å². The molecule has 1 N–H and O–H groups in total. The highest BCUT2D eigenvalue weighted by Gasteiger charge is 2.25. The number of amides is 3. The van der Waals surface area contributed by atoms with Crippen molar-refractivity contribution in [3.05, 3.63) is 0 Å². The van der Waals surface area contributed by atoms with E-state index in [0.717, 1.165) is 12.8 Å². The van der Waals surface area contributed by atoms with E-state index in [1.807, 2.05) is 14.7 Å². The molecular weight excluding hydrogens is 1110 g/mol. The van der Waals surface area contributed by atoms with Crippen LogP contribution in [0.4, 0.5) is 4.79 Å². The molecule has 0 spiro atoms. The van der Waals surface area contributed by atoms with E-state index in [1.54, 1.807) is 30.6 Å². The summed E-state index contributed by atoms with van der Waals surface area (Å²) in [6.07, 6.45) is 4.03. The van der Waals surface area contributed by atoms with Crippen molar-refractivity contribution in [2.24, 2.45) is 5.92 Å². The Balaban J connectivity index is 7.13. The average Bonchev–Trinajstić information content (AvgIpc) is 3.64. The smallest absolute Gasteiger partial charge is 0.407 e. The number of carbonyl (C=O) groups is 11. The third kappa shape index (κ3) is 42.3. The van der Waals surface area contributed by atoms with Crippen LogP contribution in [0, 0.1) is 5.92 Å². The Morgan fingerprint density at radius 1 is 0.318 bits per heavy atom. The van der Waals surface area contributed by atoms with Crippen molar-refractivity contribution in [3.8, 4) is 0 Å². The van der Waals surface area contributed by atoms with E-state index in [4.69, 9.17) is 42.6 Å². The number of nitrogens with one attached hydrogen (secondary N) is 1. The van der Waals surface area contributed by atoms with Gasteiger partial charge in [-0.15, -0.1) is 0 Å². The molecule has 0 saturated carbocycles. The summed E-state index contributed by atoms with van der Waals surface area (Å²) in [5, 5.41) is 2.78. The number of hydrogen-bond donors (Lipinski definition) is 1. The monoisotopic (exact) mass is 1220 g/mol. The minimum absolute atomic E-state index is 0.0176. The fourth-order valence-corrected chi connectivity index (χ4v) is 8.72. The van der Waals surface area contributed by atoms with Gasteiger partial charge in [0, 0.05) is 130 Å². The van der Waals surface area contributed by atoms with Crippen molar-refractivity contribution in [3.63, 3.8) is 0 Å². The molecule has 0 saturated heterocycles. The molecule has 0 fully saturated rings. The Bertz CT molecular complexity index is 1700. The quantitative estimate of drug-likeness (QED) is 0.0520.